The third-order valence-corrected chi connectivity index (χ3v) is 3.80. The molecule has 0 bridgehead atoms. The molecule has 3 nitrogen and oxygen atoms in total. The maximum atomic E-state index is 5.75. The summed E-state index contributed by atoms with van der Waals surface area (Å²) in [6.07, 6.45) is 0. The largest absolute Gasteiger partial charge is 1.00 e. The number of thiophene rings is 1. The highest BCUT2D eigenvalue weighted by atomic mass is 35.5. The van der Waals surface area contributed by atoms with Crippen LogP contribution in [0, 0.1) is 0 Å². The standard InChI is InChI=1S/C16H22N2OS.2ClH/c1-18(2)10-9-17-12-14-5-7-15(8-6-14)19-13-16-4-3-11-20-16;;/h3-8,11,17H,9-10,12-13H2,1-2H3;2*1H/p-2. The number of hydrogen-bond donors (Lipinski definition) is 1. The van der Waals surface area contributed by atoms with E-state index in [1.165, 1.54) is 10.4 Å². The minimum atomic E-state index is 0. The number of likely N-dealkylation sites (N-methyl/N-ethyl adjacent to an activating group) is 1. The molecule has 1 N–H and O–H groups in total. The molecule has 0 unspecified atom stereocenters. The van der Waals surface area contributed by atoms with Gasteiger partial charge in [-0.05, 0) is 43.2 Å². The Kier molecular flexibility index (Phi) is 11.3. The summed E-state index contributed by atoms with van der Waals surface area (Å²) in [5.41, 5.74) is 1.28. The van der Waals surface area contributed by atoms with Crippen LogP contribution in [0.4, 0.5) is 0 Å². The second-order valence-corrected chi connectivity index (χ2v) is 6.02. The number of halogens is 2. The Bertz CT molecular complexity index is 489. The molecule has 0 spiro atoms. The number of ether oxygens (including phenoxy) is 1. The summed E-state index contributed by atoms with van der Waals surface area (Å²) >= 11 is 1.72. The molecule has 0 saturated heterocycles. The van der Waals surface area contributed by atoms with Crippen LogP contribution < -0.4 is 34.9 Å². The van der Waals surface area contributed by atoms with Gasteiger partial charge in [0.15, 0.2) is 0 Å². The summed E-state index contributed by atoms with van der Waals surface area (Å²) < 4.78 is 5.75. The lowest BCUT2D eigenvalue weighted by molar-refractivity contribution is -0.00100. The van der Waals surface area contributed by atoms with E-state index >= 15 is 0 Å². The van der Waals surface area contributed by atoms with Gasteiger partial charge in [-0.3, -0.25) is 0 Å². The van der Waals surface area contributed by atoms with Crippen LogP contribution in [0.25, 0.3) is 0 Å². The topological polar surface area (TPSA) is 24.5 Å². The first-order valence-electron chi connectivity index (χ1n) is 6.83. The Morgan fingerprint density at radius 2 is 1.82 bits per heavy atom. The molecular formula is C16H22Cl2N2OS-2. The Labute approximate surface area is 149 Å². The maximum Gasteiger partial charge on any atom is 0.122 e. The van der Waals surface area contributed by atoms with E-state index < -0.39 is 0 Å². The van der Waals surface area contributed by atoms with Gasteiger partial charge in [-0.15, -0.1) is 11.3 Å². The second kappa shape index (κ2) is 11.7. The lowest BCUT2D eigenvalue weighted by Gasteiger charge is -2.10. The molecule has 6 heteroatoms. The van der Waals surface area contributed by atoms with E-state index in [1.807, 2.05) is 18.2 Å². The monoisotopic (exact) mass is 360 g/mol. The summed E-state index contributed by atoms with van der Waals surface area (Å²) in [4.78, 5) is 3.42. The molecule has 124 valence electrons. The lowest BCUT2D eigenvalue weighted by atomic mass is 10.2. The molecule has 0 aliphatic carbocycles. The van der Waals surface area contributed by atoms with Crippen LogP contribution in [-0.2, 0) is 13.2 Å². The lowest BCUT2D eigenvalue weighted by Crippen LogP contribution is -3.00. The predicted molar refractivity (Wildman–Crippen MR) is 85.4 cm³/mol. The zero-order valence-corrected chi connectivity index (χ0v) is 15.2. The Hall–Kier alpha value is -0.780. The summed E-state index contributed by atoms with van der Waals surface area (Å²) in [5, 5.41) is 5.50. The van der Waals surface area contributed by atoms with Gasteiger partial charge in [0, 0.05) is 24.5 Å². The average Bonchev–Trinajstić information content (AvgIpc) is 2.96. The summed E-state index contributed by atoms with van der Waals surface area (Å²) in [6, 6.07) is 12.4. The molecule has 2 aromatic rings. The van der Waals surface area contributed by atoms with Crippen molar-refractivity contribution in [3.05, 3.63) is 52.2 Å². The highest BCUT2D eigenvalue weighted by Crippen LogP contribution is 2.16. The van der Waals surface area contributed by atoms with Gasteiger partial charge in [0.1, 0.15) is 12.4 Å². The van der Waals surface area contributed by atoms with Crippen LogP contribution in [0.2, 0.25) is 0 Å². The Balaban J connectivity index is 0.00000220. The van der Waals surface area contributed by atoms with E-state index in [-0.39, 0.29) is 24.8 Å². The molecule has 0 atom stereocenters. The molecule has 0 radical (unpaired) electrons. The predicted octanol–water partition coefficient (Wildman–Crippen LogP) is -3.01. The van der Waals surface area contributed by atoms with E-state index in [0.29, 0.717) is 6.61 Å². The molecular weight excluding hydrogens is 339 g/mol. The van der Waals surface area contributed by atoms with Gasteiger partial charge >= 0.3 is 0 Å². The number of nitrogens with zero attached hydrogens (tertiary/aromatic N) is 1. The number of benzene rings is 1. The maximum absolute atomic E-state index is 5.75. The van der Waals surface area contributed by atoms with Crippen molar-refractivity contribution in [2.75, 3.05) is 27.2 Å². The minimum absolute atomic E-state index is 0. The zero-order valence-electron chi connectivity index (χ0n) is 12.9. The molecule has 1 heterocycles. The van der Waals surface area contributed by atoms with E-state index in [2.05, 4.69) is 47.9 Å². The highest BCUT2D eigenvalue weighted by molar-refractivity contribution is 7.09. The van der Waals surface area contributed by atoms with E-state index in [9.17, 15) is 0 Å². The van der Waals surface area contributed by atoms with Gasteiger partial charge in [0.05, 0.1) is 0 Å². The van der Waals surface area contributed by atoms with Crippen molar-refractivity contribution in [3.63, 3.8) is 0 Å². The first-order chi connectivity index (χ1) is 9.74. The summed E-state index contributed by atoms with van der Waals surface area (Å²) in [5.74, 6) is 0.926. The minimum Gasteiger partial charge on any atom is -1.00 e. The smallest absolute Gasteiger partial charge is 0.122 e. The average molecular weight is 361 g/mol. The molecule has 0 aliphatic heterocycles. The van der Waals surface area contributed by atoms with Gasteiger partial charge in [-0.25, -0.2) is 0 Å². The second-order valence-electron chi connectivity index (χ2n) is 4.99. The van der Waals surface area contributed by atoms with Crippen molar-refractivity contribution in [2.45, 2.75) is 13.2 Å². The fraction of sp³-hybridized carbons (Fsp3) is 0.375. The Morgan fingerprint density at radius 3 is 2.41 bits per heavy atom. The quantitative estimate of drug-likeness (QED) is 0.507. The molecule has 1 aromatic carbocycles. The van der Waals surface area contributed by atoms with Gasteiger partial charge in [-0.1, -0.05) is 18.2 Å². The fourth-order valence-corrected chi connectivity index (χ4v) is 2.40. The number of nitrogens with one attached hydrogen (secondary N) is 1. The van der Waals surface area contributed by atoms with Crippen molar-refractivity contribution in [1.82, 2.24) is 10.2 Å². The molecule has 2 rings (SSSR count). The van der Waals surface area contributed by atoms with Crippen molar-refractivity contribution < 1.29 is 29.6 Å². The SMILES string of the molecule is CN(C)CCNCc1ccc(OCc2cccs2)cc1.[Cl-].[Cl-]. The first-order valence-corrected chi connectivity index (χ1v) is 7.71. The summed E-state index contributed by atoms with van der Waals surface area (Å²) in [6.45, 7) is 3.61. The highest BCUT2D eigenvalue weighted by Gasteiger charge is 1.98. The number of rotatable bonds is 8. The van der Waals surface area contributed by atoms with Crippen LogP contribution in [0.3, 0.4) is 0 Å². The first kappa shape index (κ1) is 21.2. The fourth-order valence-electron chi connectivity index (χ4n) is 1.79. The molecule has 22 heavy (non-hydrogen) atoms. The molecule has 0 fully saturated rings. The van der Waals surface area contributed by atoms with Crippen molar-refractivity contribution in [1.29, 1.82) is 0 Å². The van der Waals surface area contributed by atoms with Crippen LogP contribution >= 0.6 is 11.3 Å². The van der Waals surface area contributed by atoms with Gasteiger partial charge < -0.3 is 39.8 Å². The molecule has 1 aromatic heterocycles. The molecule has 0 amide bonds. The van der Waals surface area contributed by atoms with Gasteiger partial charge in [0.2, 0.25) is 0 Å². The van der Waals surface area contributed by atoms with Crippen molar-refractivity contribution in [2.24, 2.45) is 0 Å². The van der Waals surface area contributed by atoms with Crippen molar-refractivity contribution >= 4 is 11.3 Å². The van der Waals surface area contributed by atoms with Gasteiger partial charge in [0.25, 0.3) is 0 Å². The van der Waals surface area contributed by atoms with E-state index in [4.69, 9.17) is 4.74 Å². The van der Waals surface area contributed by atoms with E-state index in [0.717, 1.165) is 25.4 Å². The normalized spacial score (nSPS) is 9.95. The van der Waals surface area contributed by atoms with Crippen LogP contribution in [0.15, 0.2) is 41.8 Å². The third-order valence-electron chi connectivity index (χ3n) is 2.95. The Morgan fingerprint density at radius 1 is 1.09 bits per heavy atom. The van der Waals surface area contributed by atoms with Crippen LogP contribution in [0.5, 0.6) is 5.75 Å². The van der Waals surface area contributed by atoms with Crippen LogP contribution in [0.1, 0.15) is 10.4 Å². The summed E-state index contributed by atoms with van der Waals surface area (Å²) in [7, 11) is 4.17. The van der Waals surface area contributed by atoms with Crippen LogP contribution in [-0.4, -0.2) is 32.1 Å². The van der Waals surface area contributed by atoms with Gasteiger partial charge in [-0.2, -0.15) is 0 Å². The molecule has 0 saturated carbocycles. The zero-order chi connectivity index (χ0) is 14.2. The van der Waals surface area contributed by atoms with Crippen molar-refractivity contribution in [3.8, 4) is 5.75 Å². The number of hydrogen-bond acceptors (Lipinski definition) is 4. The molecule has 0 aliphatic rings. The van der Waals surface area contributed by atoms with E-state index in [1.54, 1.807) is 11.3 Å². The third kappa shape index (κ3) is 8.01.